The first kappa shape index (κ1) is 14.5. The summed E-state index contributed by atoms with van der Waals surface area (Å²) in [6.07, 6.45) is 2.91. The third-order valence-electron chi connectivity index (χ3n) is 3.96. The number of halogens is 1. The zero-order chi connectivity index (χ0) is 14.2. The Morgan fingerprint density at radius 3 is 2.58 bits per heavy atom. The monoisotopic (exact) mass is 288 g/mol. The Kier molecular flexibility index (Phi) is 3.99. The van der Waals surface area contributed by atoms with Gasteiger partial charge in [-0.25, -0.2) is 4.98 Å². The molecule has 2 heterocycles. The minimum absolute atomic E-state index is 0.134. The molecule has 0 N–H and O–H groups in total. The number of rotatable bonds is 4. The fourth-order valence-corrected chi connectivity index (χ4v) is 3.19. The van der Waals surface area contributed by atoms with Gasteiger partial charge in [0.15, 0.2) is 0 Å². The van der Waals surface area contributed by atoms with Gasteiger partial charge in [-0.15, -0.1) is 3.89 Å². The summed E-state index contributed by atoms with van der Waals surface area (Å²) in [7, 11) is -4.52. The van der Waals surface area contributed by atoms with Crippen LogP contribution < -0.4 is 0 Å². The van der Waals surface area contributed by atoms with Crippen LogP contribution in [0.15, 0.2) is 0 Å². The normalized spacial score (nSPS) is 17.5. The van der Waals surface area contributed by atoms with Gasteiger partial charge in [0, 0.05) is 18.9 Å². The van der Waals surface area contributed by atoms with E-state index in [0.717, 1.165) is 37.3 Å². The van der Waals surface area contributed by atoms with E-state index in [2.05, 4.69) is 18.8 Å². The summed E-state index contributed by atoms with van der Waals surface area (Å²) in [6, 6.07) is 0. The largest absolute Gasteiger partial charge is 0.331 e. The van der Waals surface area contributed by atoms with Crippen LogP contribution >= 0.6 is 0 Å². The van der Waals surface area contributed by atoms with Gasteiger partial charge >= 0.3 is 10.2 Å². The quantitative estimate of drug-likeness (QED) is 0.801. The lowest BCUT2D eigenvalue weighted by atomic mass is 9.93. The smallest absolute Gasteiger partial charge is 0.308 e. The minimum Gasteiger partial charge on any atom is -0.331 e. The zero-order valence-electron chi connectivity index (χ0n) is 11.7. The summed E-state index contributed by atoms with van der Waals surface area (Å²) in [5, 5.41) is 0. The third-order valence-corrected chi connectivity index (χ3v) is 4.57. The molecule has 0 bridgehead atoms. The maximum atomic E-state index is 13.1. The highest BCUT2D eigenvalue weighted by molar-refractivity contribution is 7.85. The van der Waals surface area contributed by atoms with Crippen LogP contribution in [-0.4, -0.2) is 18.0 Å². The Hall–Kier alpha value is -0.910. The standard InChI is InChI=1S/C13H21FN2O2S/c1-9(2)10(3)13-11(8-19(14,17)18)16-7-5-4-6-12(16)15-13/h9-10H,4-8H2,1-3H3. The molecule has 4 nitrogen and oxygen atoms in total. The van der Waals surface area contributed by atoms with Crippen molar-refractivity contribution in [3.8, 4) is 0 Å². The predicted molar refractivity (Wildman–Crippen MR) is 72.1 cm³/mol. The van der Waals surface area contributed by atoms with Crippen LogP contribution in [0.25, 0.3) is 0 Å². The highest BCUT2D eigenvalue weighted by Crippen LogP contribution is 2.30. The average molecular weight is 288 g/mol. The van der Waals surface area contributed by atoms with Crippen molar-refractivity contribution in [3.63, 3.8) is 0 Å². The number of imidazole rings is 1. The average Bonchev–Trinajstić information content (AvgIpc) is 2.65. The highest BCUT2D eigenvalue weighted by Gasteiger charge is 2.27. The second kappa shape index (κ2) is 5.23. The minimum atomic E-state index is -4.52. The van der Waals surface area contributed by atoms with E-state index >= 15 is 0 Å². The number of aryl methyl sites for hydroxylation is 1. The fourth-order valence-electron chi connectivity index (χ4n) is 2.56. The van der Waals surface area contributed by atoms with Gasteiger partial charge in [0.1, 0.15) is 11.6 Å². The molecule has 19 heavy (non-hydrogen) atoms. The molecule has 1 unspecified atom stereocenters. The first-order valence-electron chi connectivity index (χ1n) is 6.80. The molecule has 6 heteroatoms. The Bertz CT molecular complexity index is 563. The molecule has 1 aromatic heterocycles. The van der Waals surface area contributed by atoms with Crippen LogP contribution in [0.2, 0.25) is 0 Å². The Labute approximate surface area is 114 Å². The van der Waals surface area contributed by atoms with Gasteiger partial charge in [0.2, 0.25) is 0 Å². The molecule has 0 amide bonds. The van der Waals surface area contributed by atoms with Crippen LogP contribution in [0, 0.1) is 5.92 Å². The summed E-state index contributed by atoms with van der Waals surface area (Å²) >= 11 is 0. The molecular weight excluding hydrogens is 267 g/mol. The summed E-state index contributed by atoms with van der Waals surface area (Å²) in [6.45, 7) is 6.90. The molecule has 0 spiro atoms. The maximum absolute atomic E-state index is 13.1. The summed E-state index contributed by atoms with van der Waals surface area (Å²) in [4.78, 5) is 4.59. The first-order chi connectivity index (χ1) is 8.79. The van der Waals surface area contributed by atoms with Gasteiger partial charge in [-0.2, -0.15) is 8.42 Å². The summed E-state index contributed by atoms with van der Waals surface area (Å²) in [5.41, 5.74) is 1.31. The maximum Gasteiger partial charge on any atom is 0.308 e. The lowest BCUT2D eigenvalue weighted by Gasteiger charge is -2.17. The van der Waals surface area contributed by atoms with Crippen LogP contribution in [0.1, 0.15) is 56.7 Å². The molecule has 1 aliphatic heterocycles. The second-order valence-electron chi connectivity index (χ2n) is 5.68. The van der Waals surface area contributed by atoms with Gasteiger partial charge < -0.3 is 4.57 Å². The van der Waals surface area contributed by atoms with Crippen molar-refractivity contribution in [2.75, 3.05) is 0 Å². The second-order valence-corrected chi connectivity index (χ2v) is 7.05. The highest BCUT2D eigenvalue weighted by atomic mass is 32.3. The van der Waals surface area contributed by atoms with Gasteiger partial charge in [0.05, 0.1) is 11.4 Å². The van der Waals surface area contributed by atoms with E-state index in [1.54, 1.807) is 0 Å². The molecular formula is C13H21FN2O2S. The van der Waals surface area contributed by atoms with Crippen LogP contribution in [-0.2, 0) is 28.9 Å². The molecule has 108 valence electrons. The predicted octanol–water partition coefficient (Wildman–Crippen LogP) is 2.78. The van der Waals surface area contributed by atoms with E-state index in [1.165, 1.54) is 0 Å². The van der Waals surface area contributed by atoms with Gasteiger partial charge in [-0.3, -0.25) is 0 Å². The van der Waals surface area contributed by atoms with E-state index in [4.69, 9.17) is 0 Å². The molecule has 0 aromatic carbocycles. The van der Waals surface area contributed by atoms with E-state index in [9.17, 15) is 12.3 Å². The fraction of sp³-hybridized carbons (Fsp3) is 0.769. The first-order valence-corrected chi connectivity index (χ1v) is 8.35. The number of hydrogen-bond acceptors (Lipinski definition) is 3. The van der Waals surface area contributed by atoms with Crippen LogP contribution in [0.3, 0.4) is 0 Å². The lowest BCUT2D eigenvalue weighted by Crippen LogP contribution is -2.15. The van der Waals surface area contributed by atoms with Gasteiger partial charge in [-0.05, 0) is 18.8 Å². The van der Waals surface area contributed by atoms with Crippen molar-refractivity contribution < 1.29 is 12.3 Å². The molecule has 1 aliphatic rings. The zero-order valence-corrected chi connectivity index (χ0v) is 12.5. The molecule has 0 radical (unpaired) electrons. The van der Waals surface area contributed by atoms with Crippen molar-refractivity contribution in [2.45, 2.75) is 58.2 Å². The Morgan fingerprint density at radius 1 is 1.32 bits per heavy atom. The number of nitrogens with zero attached hydrogens (tertiary/aromatic N) is 2. The number of aromatic nitrogens is 2. The topological polar surface area (TPSA) is 52.0 Å². The van der Waals surface area contributed by atoms with Crippen LogP contribution in [0.4, 0.5) is 3.89 Å². The van der Waals surface area contributed by atoms with Gasteiger partial charge in [0.25, 0.3) is 0 Å². The molecule has 0 aliphatic carbocycles. The van der Waals surface area contributed by atoms with Gasteiger partial charge in [-0.1, -0.05) is 20.8 Å². The van der Waals surface area contributed by atoms with E-state index in [-0.39, 0.29) is 5.92 Å². The van der Waals surface area contributed by atoms with Crippen molar-refractivity contribution in [2.24, 2.45) is 5.92 Å². The molecule has 1 aromatic rings. The van der Waals surface area contributed by atoms with Crippen molar-refractivity contribution in [1.29, 1.82) is 0 Å². The SMILES string of the molecule is CC(C)C(C)c1nc2n(c1CS(=O)(=O)F)CCCC2. The summed E-state index contributed by atoms with van der Waals surface area (Å²) in [5.74, 6) is 0.840. The summed E-state index contributed by atoms with van der Waals surface area (Å²) < 4.78 is 37.1. The Balaban J connectivity index is 2.49. The van der Waals surface area contributed by atoms with E-state index < -0.39 is 16.0 Å². The molecule has 0 fully saturated rings. The Morgan fingerprint density at radius 2 is 2.00 bits per heavy atom. The molecule has 0 saturated heterocycles. The van der Waals surface area contributed by atoms with Crippen molar-refractivity contribution in [3.05, 3.63) is 17.2 Å². The van der Waals surface area contributed by atoms with Crippen molar-refractivity contribution >= 4 is 10.2 Å². The molecule has 1 atom stereocenters. The van der Waals surface area contributed by atoms with E-state index in [0.29, 0.717) is 11.6 Å². The molecule has 2 rings (SSSR count). The van der Waals surface area contributed by atoms with Crippen molar-refractivity contribution in [1.82, 2.24) is 9.55 Å². The third kappa shape index (κ3) is 3.16. The molecule has 0 saturated carbocycles. The lowest BCUT2D eigenvalue weighted by molar-refractivity contribution is 0.503. The number of hydrogen-bond donors (Lipinski definition) is 0. The van der Waals surface area contributed by atoms with Crippen LogP contribution in [0.5, 0.6) is 0 Å². The number of fused-ring (bicyclic) bond motifs is 1. The van der Waals surface area contributed by atoms with E-state index in [1.807, 2.05) is 11.5 Å².